The number of anilines is 1. The van der Waals surface area contributed by atoms with Crippen LogP contribution < -0.4 is 20.1 Å². The second-order valence-electron chi connectivity index (χ2n) is 6.55. The summed E-state index contributed by atoms with van der Waals surface area (Å²) in [6.07, 6.45) is 0. The number of hydrogen-bond donors (Lipinski definition) is 2. The maximum atomic E-state index is 12.0. The van der Waals surface area contributed by atoms with Crippen molar-refractivity contribution >= 4 is 11.7 Å². The number of nitrogens with zero attached hydrogens (tertiary/aromatic N) is 2. The summed E-state index contributed by atoms with van der Waals surface area (Å²) in [7, 11) is 0. The van der Waals surface area contributed by atoms with Crippen LogP contribution in [0.1, 0.15) is 36.8 Å². The lowest BCUT2D eigenvalue weighted by Crippen LogP contribution is -2.41. The Labute approximate surface area is 140 Å². The van der Waals surface area contributed by atoms with Crippen LogP contribution in [0.15, 0.2) is 30.3 Å². The number of fused-ring (bicyclic) bond motifs is 1. The first-order chi connectivity index (χ1) is 11.4. The van der Waals surface area contributed by atoms with E-state index in [1.807, 2.05) is 39.0 Å². The Kier molecular flexibility index (Phi) is 4.24. The fourth-order valence-corrected chi connectivity index (χ4v) is 2.20. The molecule has 2 N–H and O–H groups in total. The second-order valence-corrected chi connectivity index (χ2v) is 6.55. The van der Waals surface area contributed by atoms with Gasteiger partial charge in [0.05, 0.1) is 0 Å². The molecule has 0 spiro atoms. The summed E-state index contributed by atoms with van der Waals surface area (Å²) in [5.41, 5.74) is 1.02. The van der Waals surface area contributed by atoms with Gasteiger partial charge in [-0.3, -0.25) is 4.79 Å². The minimum absolute atomic E-state index is 0.239. The number of rotatable bonds is 4. The van der Waals surface area contributed by atoms with Crippen molar-refractivity contribution in [3.05, 3.63) is 41.6 Å². The molecular weight excluding hydrogens is 308 g/mol. The Morgan fingerprint density at radius 1 is 1.12 bits per heavy atom. The minimum atomic E-state index is -0.310. The second kappa shape index (κ2) is 6.35. The average Bonchev–Trinajstić information content (AvgIpc) is 2.99. The van der Waals surface area contributed by atoms with E-state index < -0.39 is 0 Å². The van der Waals surface area contributed by atoms with Gasteiger partial charge in [0.2, 0.25) is 6.79 Å². The van der Waals surface area contributed by atoms with Gasteiger partial charge in [0.25, 0.3) is 5.91 Å². The molecule has 1 aromatic heterocycles. The van der Waals surface area contributed by atoms with Crippen molar-refractivity contribution in [2.75, 3.05) is 12.1 Å². The van der Waals surface area contributed by atoms with Crippen molar-refractivity contribution in [1.29, 1.82) is 0 Å². The molecule has 0 atom stereocenters. The molecule has 2 aromatic rings. The molecule has 1 aliphatic heterocycles. The number of nitrogens with one attached hydrogen (secondary N) is 2. The van der Waals surface area contributed by atoms with Crippen molar-refractivity contribution in [1.82, 2.24) is 15.5 Å². The van der Waals surface area contributed by atoms with Crippen molar-refractivity contribution in [3.8, 4) is 11.5 Å². The zero-order chi connectivity index (χ0) is 17.2. The molecular formula is C17H20N4O3. The minimum Gasteiger partial charge on any atom is -0.454 e. The van der Waals surface area contributed by atoms with Gasteiger partial charge in [0, 0.05) is 12.1 Å². The van der Waals surface area contributed by atoms with Crippen LogP contribution >= 0.6 is 0 Å². The maximum absolute atomic E-state index is 12.0. The van der Waals surface area contributed by atoms with Crippen LogP contribution in [0.25, 0.3) is 0 Å². The maximum Gasteiger partial charge on any atom is 0.272 e. The highest BCUT2D eigenvalue weighted by atomic mass is 16.7. The third-order valence-electron chi connectivity index (χ3n) is 3.30. The van der Waals surface area contributed by atoms with Gasteiger partial charge in [-0.05, 0) is 50.6 Å². The number of carbonyl (C=O) groups is 1. The summed E-state index contributed by atoms with van der Waals surface area (Å²) in [5, 5.41) is 14.0. The number of amides is 1. The predicted molar refractivity (Wildman–Crippen MR) is 89.1 cm³/mol. The fourth-order valence-electron chi connectivity index (χ4n) is 2.20. The SMILES string of the molecule is CC(C)(C)NC(=O)c1ccc(NCc2ccc3c(c2)OCO3)nn1. The molecule has 2 heterocycles. The van der Waals surface area contributed by atoms with Gasteiger partial charge in [0.1, 0.15) is 5.82 Å². The molecule has 0 bridgehead atoms. The summed E-state index contributed by atoms with van der Waals surface area (Å²) in [4.78, 5) is 12.0. The molecule has 1 amide bonds. The molecule has 1 aliphatic rings. The van der Waals surface area contributed by atoms with E-state index in [1.54, 1.807) is 12.1 Å². The van der Waals surface area contributed by atoms with E-state index in [0.29, 0.717) is 18.1 Å². The molecule has 7 heteroatoms. The van der Waals surface area contributed by atoms with E-state index >= 15 is 0 Å². The molecule has 7 nitrogen and oxygen atoms in total. The molecule has 0 unspecified atom stereocenters. The molecule has 0 radical (unpaired) electrons. The van der Waals surface area contributed by atoms with E-state index in [9.17, 15) is 4.79 Å². The Balaban J connectivity index is 1.59. The lowest BCUT2D eigenvalue weighted by molar-refractivity contribution is 0.0913. The van der Waals surface area contributed by atoms with E-state index in [0.717, 1.165) is 17.1 Å². The van der Waals surface area contributed by atoms with Gasteiger partial charge in [-0.25, -0.2) is 0 Å². The Bertz CT molecular complexity index is 738. The molecule has 126 valence electrons. The summed E-state index contributed by atoms with van der Waals surface area (Å²) in [6, 6.07) is 9.14. The molecule has 0 saturated carbocycles. The summed E-state index contributed by atoms with van der Waals surface area (Å²) < 4.78 is 10.6. The highest BCUT2D eigenvalue weighted by Crippen LogP contribution is 2.32. The zero-order valence-corrected chi connectivity index (χ0v) is 13.9. The molecule has 0 aliphatic carbocycles. The molecule has 24 heavy (non-hydrogen) atoms. The van der Waals surface area contributed by atoms with Crippen LogP contribution in [-0.2, 0) is 6.54 Å². The summed E-state index contributed by atoms with van der Waals surface area (Å²) in [5.74, 6) is 1.86. The number of ether oxygens (including phenoxy) is 2. The summed E-state index contributed by atoms with van der Waals surface area (Å²) in [6.45, 7) is 6.58. The third kappa shape index (κ3) is 3.92. The van der Waals surface area contributed by atoms with E-state index in [4.69, 9.17) is 9.47 Å². The average molecular weight is 328 g/mol. The number of hydrogen-bond acceptors (Lipinski definition) is 6. The monoisotopic (exact) mass is 328 g/mol. The largest absolute Gasteiger partial charge is 0.454 e. The lowest BCUT2D eigenvalue weighted by Gasteiger charge is -2.19. The normalized spacial score (nSPS) is 12.8. The van der Waals surface area contributed by atoms with Crippen LogP contribution in [0.4, 0.5) is 5.82 Å². The van der Waals surface area contributed by atoms with Gasteiger partial charge in [0.15, 0.2) is 17.2 Å². The molecule has 3 rings (SSSR count). The Morgan fingerprint density at radius 3 is 2.62 bits per heavy atom. The zero-order valence-electron chi connectivity index (χ0n) is 13.9. The highest BCUT2D eigenvalue weighted by molar-refractivity contribution is 5.92. The quantitative estimate of drug-likeness (QED) is 0.896. The molecule has 0 fully saturated rings. The lowest BCUT2D eigenvalue weighted by atomic mass is 10.1. The van der Waals surface area contributed by atoms with Crippen LogP contribution in [-0.4, -0.2) is 28.4 Å². The van der Waals surface area contributed by atoms with Crippen LogP contribution in [0, 0.1) is 0 Å². The van der Waals surface area contributed by atoms with Crippen molar-refractivity contribution in [2.45, 2.75) is 32.9 Å². The Morgan fingerprint density at radius 2 is 1.92 bits per heavy atom. The van der Waals surface area contributed by atoms with Gasteiger partial charge in [-0.1, -0.05) is 6.07 Å². The van der Waals surface area contributed by atoms with E-state index in [1.165, 1.54) is 0 Å². The van der Waals surface area contributed by atoms with Crippen LogP contribution in [0.2, 0.25) is 0 Å². The fraction of sp³-hybridized carbons (Fsp3) is 0.353. The first-order valence-corrected chi connectivity index (χ1v) is 7.69. The first kappa shape index (κ1) is 16.0. The van der Waals surface area contributed by atoms with Crippen molar-refractivity contribution in [2.24, 2.45) is 0 Å². The smallest absolute Gasteiger partial charge is 0.272 e. The standard InChI is InChI=1S/C17H20N4O3/c1-17(2,3)19-16(22)12-5-7-15(21-20-12)18-9-11-4-6-13-14(8-11)24-10-23-13/h4-8H,9-10H2,1-3H3,(H,18,21)(H,19,22). The van der Waals surface area contributed by atoms with Gasteiger partial charge in [-0.2, -0.15) is 0 Å². The number of benzene rings is 1. The van der Waals surface area contributed by atoms with E-state index in [-0.39, 0.29) is 18.2 Å². The summed E-state index contributed by atoms with van der Waals surface area (Å²) >= 11 is 0. The first-order valence-electron chi connectivity index (χ1n) is 7.69. The van der Waals surface area contributed by atoms with Gasteiger partial charge in [-0.15, -0.1) is 10.2 Å². The van der Waals surface area contributed by atoms with Crippen LogP contribution in [0.5, 0.6) is 11.5 Å². The predicted octanol–water partition coefficient (Wildman–Crippen LogP) is 2.35. The molecule has 0 saturated heterocycles. The Hall–Kier alpha value is -2.83. The topological polar surface area (TPSA) is 85.4 Å². The molecule has 1 aromatic carbocycles. The highest BCUT2D eigenvalue weighted by Gasteiger charge is 2.17. The van der Waals surface area contributed by atoms with Gasteiger partial charge >= 0.3 is 0 Å². The third-order valence-corrected chi connectivity index (χ3v) is 3.30. The van der Waals surface area contributed by atoms with Crippen molar-refractivity contribution in [3.63, 3.8) is 0 Å². The van der Waals surface area contributed by atoms with E-state index in [2.05, 4.69) is 20.8 Å². The number of aromatic nitrogens is 2. The van der Waals surface area contributed by atoms with Crippen LogP contribution in [0.3, 0.4) is 0 Å². The van der Waals surface area contributed by atoms with Crippen molar-refractivity contribution < 1.29 is 14.3 Å². The number of carbonyl (C=O) groups excluding carboxylic acids is 1. The van der Waals surface area contributed by atoms with Gasteiger partial charge < -0.3 is 20.1 Å².